The number of benzene rings is 11. The van der Waals surface area contributed by atoms with Gasteiger partial charge in [-0.05, 0) is 137 Å². The molecule has 0 aliphatic heterocycles. The van der Waals surface area contributed by atoms with Crippen molar-refractivity contribution < 1.29 is 0 Å². The lowest BCUT2D eigenvalue weighted by Gasteiger charge is -2.26. The summed E-state index contributed by atoms with van der Waals surface area (Å²) >= 11 is 1.86. The van der Waals surface area contributed by atoms with Crippen LogP contribution in [0, 0.1) is 0 Å². The summed E-state index contributed by atoms with van der Waals surface area (Å²) in [6.45, 7) is 0. The minimum absolute atomic E-state index is 1.11. The van der Waals surface area contributed by atoms with E-state index >= 15 is 0 Å². The molecular formula is C60H39NS. The zero-order valence-electron chi connectivity index (χ0n) is 33.9. The van der Waals surface area contributed by atoms with E-state index in [1.807, 2.05) is 11.3 Å². The monoisotopic (exact) mass is 805 g/mol. The van der Waals surface area contributed by atoms with Crippen LogP contribution in [0.4, 0.5) is 17.1 Å². The van der Waals surface area contributed by atoms with E-state index in [1.165, 1.54) is 97.0 Å². The summed E-state index contributed by atoms with van der Waals surface area (Å²) in [7, 11) is 0. The first-order chi connectivity index (χ1) is 30.7. The second-order valence-electron chi connectivity index (χ2n) is 16.1. The zero-order chi connectivity index (χ0) is 41.0. The van der Waals surface area contributed by atoms with Crippen LogP contribution in [-0.4, -0.2) is 0 Å². The van der Waals surface area contributed by atoms with Crippen molar-refractivity contribution in [3.05, 3.63) is 237 Å². The summed E-state index contributed by atoms with van der Waals surface area (Å²) in [5.41, 5.74) is 13.1. The van der Waals surface area contributed by atoms with Crippen molar-refractivity contribution in [3.63, 3.8) is 0 Å². The molecule has 0 amide bonds. The van der Waals surface area contributed by atoms with Crippen molar-refractivity contribution in [2.45, 2.75) is 0 Å². The molecule has 0 radical (unpaired) electrons. The summed E-state index contributed by atoms with van der Waals surface area (Å²) in [6.07, 6.45) is 0. The summed E-state index contributed by atoms with van der Waals surface area (Å²) < 4.78 is 2.61. The molecule has 1 nitrogen and oxygen atoms in total. The maximum absolute atomic E-state index is 2.41. The van der Waals surface area contributed by atoms with Gasteiger partial charge in [0, 0.05) is 37.2 Å². The highest BCUT2D eigenvalue weighted by Crippen LogP contribution is 2.46. The molecule has 0 saturated heterocycles. The Bertz CT molecular complexity index is 3610. The summed E-state index contributed by atoms with van der Waals surface area (Å²) in [6, 6.07) is 86.8. The summed E-state index contributed by atoms with van der Waals surface area (Å²) in [5, 5.41) is 10.0. The Morgan fingerprint density at radius 1 is 0.242 bits per heavy atom. The molecule has 0 bridgehead atoms. The van der Waals surface area contributed by atoms with Crippen molar-refractivity contribution in [2.75, 3.05) is 4.90 Å². The van der Waals surface area contributed by atoms with Crippen LogP contribution in [0.1, 0.15) is 0 Å². The molecule has 0 spiro atoms. The van der Waals surface area contributed by atoms with E-state index < -0.39 is 0 Å². The lowest BCUT2D eigenvalue weighted by Crippen LogP contribution is -2.09. The molecule has 0 atom stereocenters. The molecule has 1 aromatic heterocycles. The molecule has 12 rings (SSSR count). The Morgan fingerprint density at radius 3 is 1.45 bits per heavy atom. The number of nitrogens with zero attached hydrogens (tertiary/aromatic N) is 1. The predicted molar refractivity (Wildman–Crippen MR) is 268 cm³/mol. The van der Waals surface area contributed by atoms with Crippen LogP contribution in [0.5, 0.6) is 0 Å². The number of hydrogen-bond donors (Lipinski definition) is 0. The first kappa shape index (κ1) is 36.1. The largest absolute Gasteiger partial charge is 0.310 e. The van der Waals surface area contributed by atoms with Gasteiger partial charge in [-0.25, -0.2) is 0 Å². The second kappa shape index (κ2) is 15.0. The van der Waals surface area contributed by atoms with E-state index in [4.69, 9.17) is 0 Å². The maximum atomic E-state index is 2.41. The highest BCUT2D eigenvalue weighted by Gasteiger charge is 2.20. The Kier molecular flexibility index (Phi) is 8.76. The Labute approximate surface area is 365 Å². The fourth-order valence-electron chi connectivity index (χ4n) is 9.47. The van der Waals surface area contributed by atoms with Gasteiger partial charge in [0.05, 0.1) is 0 Å². The third-order valence-corrected chi connectivity index (χ3v) is 13.6. The highest BCUT2D eigenvalue weighted by molar-refractivity contribution is 7.25. The predicted octanol–water partition coefficient (Wildman–Crippen LogP) is 17.7. The Morgan fingerprint density at radius 2 is 0.710 bits per heavy atom. The van der Waals surface area contributed by atoms with Gasteiger partial charge in [0.15, 0.2) is 0 Å². The van der Waals surface area contributed by atoms with Gasteiger partial charge in [-0.1, -0.05) is 176 Å². The number of rotatable bonds is 7. The summed E-state index contributed by atoms with van der Waals surface area (Å²) in [5.74, 6) is 0. The van der Waals surface area contributed by atoms with Gasteiger partial charge in [-0.15, -0.1) is 11.3 Å². The third-order valence-electron chi connectivity index (χ3n) is 12.4. The van der Waals surface area contributed by atoms with E-state index in [0.717, 1.165) is 17.1 Å². The lowest BCUT2D eigenvalue weighted by atomic mass is 9.84. The first-order valence-electron chi connectivity index (χ1n) is 21.2. The lowest BCUT2D eigenvalue weighted by molar-refractivity contribution is 1.30. The second-order valence-corrected chi connectivity index (χ2v) is 17.1. The average Bonchev–Trinajstić information content (AvgIpc) is 3.72. The van der Waals surface area contributed by atoms with E-state index in [1.54, 1.807) is 0 Å². The zero-order valence-corrected chi connectivity index (χ0v) is 34.7. The van der Waals surface area contributed by atoms with Gasteiger partial charge in [0.1, 0.15) is 0 Å². The fraction of sp³-hybridized carbons (Fsp3) is 0. The number of anilines is 3. The van der Waals surface area contributed by atoms with Gasteiger partial charge in [0.2, 0.25) is 0 Å². The summed E-state index contributed by atoms with van der Waals surface area (Å²) in [4.78, 5) is 2.41. The van der Waals surface area contributed by atoms with Crippen LogP contribution in [-0.2, 0) is 0 Å². The van der Waals surface area contributed by atoms with Crippen molar-refractivity contribution in [1.29, 1.82) is 0 Å². The molecule has 0 fully saturated rings. The number of thiophene rings is 1. The van der Waals surface area contributed by atoms with Crippen LogP contribution in [0.25, 0.3) is 97.0 Å². The SMILES string of the molecule is c1ccc(-c2ccc3cc(N(c4ccc(-c5ccc6c(c5)c(-c5ccccc5)c(-c5ccccc5)c5ccccc56)cc4)c4ccc5sc6ccccc6c5c4)ccc3c2)cc1. The number of fused-ring (bicyclic) bond motifs is 7. The van der Waals surface area contributed by atoms with E-state index in [9.17, 15) is 0 Å². The fourth-order valence-corrected chi connectivity index (χ4v) is 10.6. The topological polar surface area (TPSA) is 3.24 Å². The maximum Gasteiger partial charge on any atom is 0.0468 e. The molecule has 0 aliphatic rings. The van der Waals surface area contributed by atoms with Crippen LogP contribution < -0.4 is 4.90 Å². The smallest absolute Gasteiger partial charge is 0.0468 e. The van der Waals surface area contributed by atoms with Gasteiger partial charge in [0.25, 0.3) is 0 Å². The first-order valence-corrected chi connectivity index (χ1v) is 22.1. The molecule has 62 heavy (non-hydrogen) atoms. The van der Waals surface area contributed by atoms with E-state index in [2.05, 4.69) is 241 Å². The van der Waals surface area contributed by atoms with Crippen LogP contribution in [0.2, 0.25) is 0 Å². The molecular weight excluding hydrogens is 767 g/mol. The molecule has 290 valence electrons. The van der Waals surface area contributed by atoms with Crippen molar-refractivity contribution in [2.24, 2.45) is 0 Å². The van der Waals surface area contributed by atoms with Gasteiger partial charge < -0.3 is 4.90 Å². The third kappa shape index (κ3) is 6.24. The molecule has 0 N–H and O–H groups in total. The average molecular weight is 806 g/mol. The molecule has 2 heteroatoms. The Hall–Kier alpha value is -7.78. The van der Waals surface area contributed by atoms with E-state index in [-0.39, 0.29) is 0 Å². The van der Waals surface area contributed by atoms with Crippen LogP contribution in [0.3, 0.4) is 0 Å². The minimum atomic E-state index is 1.11. The molecule has 11 aromatic carbocycles. The molecule has 12 aromatic rings. The van der Waals surface area contributed by atoms with E-state index in [0.29, 0.717) is 0 Å². The molecule has 0 saturated carbocycles. The highest BCUT2D eigenvalue weighted by atomic mass is 32.1. The van der Waals surface area contributed by atoms with Crippen LogP contribution in [0.15, 0.2) is 237 Å². The van der Waals surface area contributed by atoms with Gasteiger partial charge in [-0.3, -0.25) is 0 Å². The minimum Gasteiger partial charge on any atom is -0.310 e. The van der Waals surface area contributed by atoms with Crippen molar-refractivity contribution in [1.82, 2.24) is 0 Å². The standard InChI is InChI=1S/C60H39NS/c1-4-14-40(15-5-1)44-24-25-46-37-49(32-28-45(46)36-44)61(50-33-35-58-55(39-50)53-21-12-13-23-57(53)62-58)48-30-26-41(27-31-48)47-29-34-52-51-20-10-11-22-54(51)59(42-16-6-2-7-17-42)60(56(52)38-47)43-18-8-3-9-19-43/h1-39H. The normalized spacial score (nSPS) is 11.5. The van der Waals surface area contributed by atoms with Crippen molar-refractivity contribution in [3.8, 4) is 44.5 Å². The molecule has 0 aliphatic carbocycles. The van der Waals surface area contributed by atoms with Crippen LogP contribution >= 0.6 is 11.3 Å². The van der Waals surface area contributed by atoms with Gasteiger partial charge >= 0.3 is 0 Å². The molecule has 1 heterocycles. The number of hydrogen-bond acceptors (Lipinski definition) is 2. The van der Waals surface area contributed by atoms with Gasteiger partial charge in [-0.2, -0.15) is 0 Å². The quantitative estimate of drug-likeness (QED) is 0.145. The van der Waals surface area contributed by atoms with Crippen molar-refractivity contribution >= 4 is 80.9 Å². The molecule has 0 unspecified atom stereocenters. The Balaban J connectivity index is 1.01.